The highest BCUT2D eigenvalue weighted by molar-refractivity contribution is 5.25. The summed E-state index contributed by atoms with van der Waals surface area (Å²) in [5.74, 6) is -0.318. The van der Waals surface area contributed by atoms with Gasteiger partial charge >= 0.3 is 0 Å². The highest BCUT2D eigenvalue weighted by Crippen LogP contribution is 2.43. The van der Waals surface area contributed by atoms with Gasteiger partial charge in [0.15, 0.2) is 5.75 Å². The number of aliphatic hydroxyl groups is 3. The van der Waals surface area contributed by atoms with E-state index in [2.05, 4.69) is 4.98 Å². The molecule has 0 spiro atoms. The number of hydrogen-bond donors (Lipinski definition) is 3. The van der Waals surface area contributed by atoms with E-state index in [0.717, 1.165) is 5.56 Å². The Morgan fingerprint density at radius 3 is 2.46 bits per heavy atom. The second kappa shape index (κ2) is 9.91. The van der Waals surface area contributed by atoms with Gasteiger partial charge in [0.05, 0.1) is 5.69 Å². The number of fused-ring (bicyclic) bond motifs is 1. The Morgan fingerprint density at radius 1 is 1.06 bits per heavy atom. The number of halogens is 1. The molecule has 0 amide bonds. The molecule has 2 aromatic carbocycles. The van der Waals surface area contributed by atoms with Crippen molar-refractivity contribution in [2.45, 2.75) is 36.9 Å². The van der Waals surface area contributed by atoms with Gasteiger partial charge in [0.25, 0.3) is 5.95 Å². The lowest BCUT2D eigenvalue weighted by Gasteiger charge is -2.29. The van der Waals surface area contributed by atoms with Crippen LogP contribution < -0.4 is 9.47 Å². The Kier molecular flexibility index (Phi) is 6.71. The zero-order chi connectivity index (χ0) is 24.4. The standard InChI is InChI=1S/C27H29FN2O5/c28-26-23(34-16-18-7-3-1-4-8-18)12-11-21(29-26)22(31)15-30-14-19-13-24(25(32)27(19,33)17-30)35-20-9-5-2-6-10-20/h1-12,19,22,24-25,31-33H,13-17H2/t19-,22+,24+,25+,27-/m1/s1. The van der Waals surface area contributed by atoms with Crippen LogP contribution in [0.2, 0.25) is 0 Å². The molecular formula is C27H29FN2O5. The van der Waals surface area contributed by atoms with E-state index in [1.165, 1.54) is 12.1 Å². The zero-order valence-corrected chi connectivity index (χ0v) is 19.2. The molecule has 0 bridgehead atoms. The molecule has 184 valence electrons. The summed E-state index contributed by atoms with van der Waals surface area (Å²) < 4.78 is 25.9. The van der Waals surface area contributed by atoms with E-state index in [1.807, 2.05) is 65.6 Å². The summed E-state index contributed by atoms with van der Waals surface area (Å²) in [6.07, 6.45) is -2.10. The van der Waals surface area contributed by atoms with Crippen LogP contribution >= 0.6 is 0 Å². The lowest BCUT2D eigenvalue weighted by atomic mass is 9.93. The van der Waals surface area contributed by atoms with Crippen molar-refractivity contribution >= 4 is 0 Å². The summed E-state index contributed by atoms with van der Waals surface area (Å²) in [6.45, 7) is 1.05. The summed E-state index contributed by atoms with van der Waals surface area (Å²) in [4.78, 5) is 5.76. The summed E-state index contributed by atoms with van der Waals surface area (Å²) in [6, 6.07) is 21.7. The number of aliphatic hydroxyl groups excluding tert-OH is 2. The van der Waals surface area contributed by atoms with Gasteiger partial charge in [-0.3, -0.25) is 4.90 Å². The third-order valence-corrected chi connectivity index (χ3v) is 6.92. The minimum absolute atomic E-state index is 0.0161. The molecule has 0 radical (unpaired) electrons. The van der Waals surface area contributed by atoms with Crippen LogP contribution in [-0.4, -0.2) is 62.6 Å². The second-order valence-electron chi connectivity index (χ2n) is 9.35. The fourth-order valence-electron chi connectivity index (χ4n) is 5.09. The Morgan fingerprint density at radius 2 is 1.77 bits per heavy atom. The van der Waals surface area contributed by atoms with E-state index in [4.69, 9.17) is 9.47 Å². The first-order chi connectivity index (χ1) is 16.9. The monoisotopic (exact) mass is 480 g/mol. The van der Waals surface area contributed by atoms with E-state index >= 15 is 0 Å². The smallest absolute Gasteiger partial charge is 0.255 e. The molecule has 2 aliphatic rings. The minimum Gasteiger partial charge on any atom is -0.488 e. The van der Waals surface area contributed by atoms with Crippen molar-refractivity contribution in [2.24, 2.45) is 5.92 Å². The topological polar surface area (TPSA) is 95.3 Å². The quantitative estimate of drug-likeness (QED) is 0.427. The number of nitrogens with zero attached hydrogens (tertiary/aromatic N) is 2. The van der Waals surface area contributed by atoms with Gasteiger partial charge in [0.1, 0.15) is 36.3 Å². The average Bonchev–Trinajstić information content (AvgIpc) is 3.29. The van der Waals surface area contributed by atoms with Gasteiger partial charge < -0.3 is 24.8 Å². The number of likely N-dealkylation sites (tertiary alicyclic amines) is 1. The molecule has 0 unspecified atom stereocenters. The largest absolute Gasteiger partial charge is 0.488 e. The molecule has 1 aromatic heterocycles. The first kappa shape index (κ1) is 23.7. The van der Waals surface area contributed by atoms with Crippen LogP contribution in [0.4, 0.5) is 4.39 Å². The number of rotatable bonds is 8. The Balaban J connectivity index is 1.17. The molecule has 2 fully saturated rings. The van der Waals surface area contributed by atoms with Crippen LogP contribution in [0.15, 0.2) is 72.8 Å². The molecule has 1 saturated heterocycles. The third kappa shape index (κ3) is 5.01. The zero-order valence-electron chi connectivity index (χ0n) is 19.2. The molecule has 3 N–H and O–H groups in total. The third-order valence-electron chi connectivity index (χ3n) is 6.92. The summed E-state index contributed by atoms with van der Waals surface area (Å²) >= 11 is 0. The number of benzene rings is 2. The maximum atomic E-state index is 14.5. The van der Waals surface area contributed by atoms with Gasteiger partial charge in [-0.15, -0.1) is 0 Å². The molecule has 1 aliphatic heterocycles. The van der Waals surface area contributed by atoms with E-state index in [9.17, 15) is 19.7 Å². The van der Waals surface area contributed by atoms with Crippen LogP contribution in [0.25, 0.3) is 0 Å². The van der Waals surface area contributed by atoms with Crippen molar-refractivity contribution in [3.8, 4) is 11.5 Å². The van der Waals surface area contributed by atoms with E-state index in [1.54, 1.807) is 0 Å². The summed E-state index contributed by atoms with van der Waals surface area (Å²) in [5, 5.41) is 32.7. The fraction of sp³-hybridized carbons (Fsp3) is 0.370. The average molecular weight is 481 g/mol. The molecule has 8 heteroatoms. The lowest BCUT2D eigenvalue weighted by molar-refractivity contribution is -0.0876. The van der Waals surface area contributed by atoms with E-state index < -0.39 is 29.9 Å². The molecule has 35 heavy (non-hydrogen) atoms. The van der Waals surface area contributed by atoms with Gasteiger partial charge in [0.2, 0.25) is 0 Å². The predicted octanol–water partition coefficient (Wildman–Crippen LogP) is 2.71. The first-order valence-electron chi connectivity index (χ1n) is 11.8. The SMILES string of the molecule is O[C@@H](CN1C[C@H]2C[C@H](Oc3ccccc3)[C@H](O)[C@@]2(O)C1)c1ccc(OCc2ccccc2)c(F)n1. The Bertz CT molecular complexity index is 1130. The maximum Gasteiger partial charge on any atom is 0.255 e. The second-order valence-corrected chi connectivity index (χ2v) is 9.35. The molecular weight excluding hydrogens is 451 g/mol. The van der Waals surface area contributed by atoms with Crippen molar-refractivity contribution in [2.75, 3.05) is 19.6 Å². The normalized spacial score (nSPS) is 26.9. The summed E-state index contributed by atoms with van der Waals surface area (Å²) in [5.41, 5.74) is -0.232. The van der Waals surface area contributed by atoms with Crippen molar-refractivity contribution < 1.29 is 29.2 Å². The lowest BCUT2D eigenvalue weighted by Crippen LogP contribution is -2.49. The van der Waals surface area contributed by atoms with Crippen LogP contribution in [0.1, 0.15) is 23.8 Å². The number of para-hydroxylation sites is 1. The predicted molar refractivity (Wildman–Crippen MR) is 126 cm³/mol. The molecule has 3 aromatic rings. The van der Waals surface area contributed by atoms with Crippen LogP contribution in [0, 0.1) is 11.9 Å². The molecule has 1 aliphatic carbocycles. The van der Waals surface area contributed by atoms with Gasteiger partial charge in [-0.25, -0.2) is 4.98 Å². The fourth-order valence-corrected chi connectivity index (χ4v) is 5.09. The highest BCUT2D eigenvalue weighted by Gasteiger charge is 2.59. The Labute approximate surface area is 203 Å². The van der Waals surface area contributed by atoms with Gasteiger partial charge in [0, 0.05) is 25.6 Å². The number of β-amino-alcohol motifs (C(OH)–C–C–N with tert-alkyl or cyclic N) is 2. The molecule has 7 nitrogen and oxygen atoms in total. The van der Waals surface area contributed by atoms with Crippen molar-refractivity contribution in [3.05, 3.63) is 90.0 Å². The molecule has 2 heterocycles. The van der Waals surface area contributed by atoms with Crippen LogP contribution in [-0.2, 0) is 6.61 Å². The van der Waals surface area contributed by atoms with Crippen LogP contribution in [0.3, 0.4) is 0 Å². The maximum absolute atomic E-state index is 14.5. The van der Waals surface area contributed by atoms with Gasteiger partial charge in [-0.1, -0.05) is 48.5 Å². The molecule has 5 atom stereocenters. The summed E-state index contributed by atoms with van der Waals surface area (Å²) in [7, 11) is 0. The van der Waals surface area contributed by atoms with Crippen molar-refractivity contribution in [1.82, 2.24) is 9.88 Å². The van der Waals surface area contributed by atoms with E-state index in [0.29, 0.717) is 18.7 Å². The van der Waals surface area contributed by atoms with Gasteiger partial charge in [-0.05, 0) is 36.2 Å². The number of pyridine rings is 1. The number of aromatic nitrogens is 1. The van der Waals surface area contributed by atoms with Crippen molar-refractivity contribution in [3.63, 3.8) is 0 Å². The van der Waals surface area contributed by atoms with Crippen LogP contribution in [0.5, 0.6) is 11.5 Å². The van der Waals surface area contributed by atoms with Crippen molar-refractivity contribution in [1.29, 1.82) is 0 Å². The van der Waals surface area contributed by atoms with E-state index in [-0.39, 0.29) is 37.1 Å². The number of ether oxygens (including phenoxy) is 2. The molecule has 5 rings (SSSR count). The molecule has 1 saturated carbocycles. The first-order valence-corrected chi connectivity index (χ1v) is 11.8. The van der Waals surface area contributed by atoms with Gasteiger partial charge in [-0.2, -0.15) is 4.39 Å². The number of hydrogen-bond acceptors (Lipinski definition) is 7. The Hall–Kier alpha value is -3.04. The minimum atomic E-state index is -1.33. The highest BCUT2D eigenvalue weighted by atomic mass is 19.1.